The molecule has 32 heavy (non-hydrogen) atoms. The first-order valence-corrected chi connectivity index (χ1v) is 12.1. The van der Waals surface area contributed by atoms with Crippen LogP contribution in [-0.4, -0.2) is 49.1 Å². The van der Waals surface area contributed by atoms with Gasteiger partial charge in [0, 0.05) is 29.5 Å². The predicted molar refractivity (Wildman–Crippen MR) is 129 cm³/mol. The number of nitrogens with zero attached hydrogens (tertiary/aromatic N) is 1. The van der Waals surface area contributed by atoms with E-state index in [4.69, 9.17) is 0 Å². The Hall–Kier alpha value is -2.90. The zero-order valence-electron chi connectivity index (χ0n) is 18.0. The fourth-order valence-electron chi connectivity index (χ4n) is 4.73. The minimum atomic E-state index is -0.225. The second-order valence-corrected chi connectivity index (χ2v) is 9.78. The molecule has 3 aliphatic rings. The first-order chi connectivity index (χ1) is 15.6. The molecule has 1 unspecified atom stereocenters. The normalized spacial score (nSPS) is 21.9. The van der Waals surface area contributed by atoms with Crippen molar-refractivity contribution in [3.63, 3.8) is 0 Å². The zero-order chi connectivity index (χ0) is 21.9. The van der Waals surface area contributed by atoms with Crippen LogP contribution >= 0.6 is 11.3 Å². The summed E-state index contributed by atoms with van der Waals surface area (Å²) in [5.41, 5.74) is 1.91. The number of piperidine rings is 3. The van der Waals surface area contributed by atoms with Gasteiger partial charge in [0.2, 0.25) is 0 Å². The van der Waals surface area contributed by atoms with Gasteiger partial charge in [0.15, 0.2) is 0 Å². The van der Waals surface area contributed by atoms with Crippen LogP contribution in [0.2, 0.25) is 0 Å². The zero-order valence-corrected chi connectivity index (χ0v) is 18.8. The van der Waals surface area contributed by atoms with Crippen molar-refractivity contribution >= 4 is 39.0 Å². The second-order valence-electron chi connectivity index (χ2n) is 8.70. The third-order valence-corrected chi connectivity index (χ3v) is 7.61. The molecule has 7 heteroatoms. The van der Waals surface area contributed by atoms with Crippen molar-refractivity contribution in [2.24, 2.45) is 5.92 Å². The van der Waals surface area contributed by atoms with Crippen molar-refractivity contribution in [3.8, 4) is 0 Å². The van der Waals surface area contributed by atoms with Crippen molar-refractivity contribution in [2.75, 3.05) is 31.5 Å². The van der Waals surface area contributed by atoms with Crippen molar-refractivity contribution in [1.29, 1.82) is 0 Å². The standard InChI is InChI=1S/C25H28N4O2S/c30-24(28-21-16-29-12-9-18(21)10-13-29)23-14-19-6-7-20(15-22(19)32-23)27-25(31)26-11-8-17-4-2-1-3-5-17/h1-7,14-15,18,21H,8-13,16H2,(H,28,30)(H2,26,27,31). The highest BCUT2D eigenvalue weighted by atomic mass is 32.1. The van der Waals surface area contributed by atoms with Gasteiger partial charge in [-0.25, -0.2) is 4.79 Å². The molecule has 6 nitrogen and oxygen atoms in total. The van der Waals surface area contributed by atoms with E-state index in [1.165, 1.54) is 29.7 Å². The summed E-state index contributed by atoms with van der Waals surface area (Å²) in [4.78, 5) is 28.3. The van der Waals surface area contributed by atoms with Crippen LogP contribution < -0.4 is 16.0 Å². The lowest BCUT2D eigenvalue weighted by Crippen LogP contribution is -2.57. The molecule has 0 saturated carbocycles. The first-order valence-electron chi connectivity index (χ1n) is 11.3. The van der Waals surface area contributed by atoms with E-state index < -0.39 is 0 Å². The van der Waals surface area contributed by atoms with E-state index >= 15 is 0 Å². The molecular weight excluding hydrogens is 420 g/mol. The summed E-state index contributed by atoms with van der Waals surface area (Å²) >= 11 is 1.47. The number of rotatable bonds is 6. The molecule has 3 saturated heterocycles. The summed E-state index contributed by atoms with van der Waals surface area (Å²) in [6, 6.07) is 17.8. The lowest BCUT2D eigenvalue weighted by molar-refractivity contribution is 0.0622. The number of hydrogen-bond acceptors (Lipinski definition) is 4. The number of thiophene rings is 1. The fraction of sp³-hybridized carbons (Fsp3) is 0.360. The number of anilines is 1. The molecule has 3 aromatic rings. The molecule has 0 aliphatic carbocycles. The number of hydrogen-bond donors (Lipinski definition) is 3. The van der Waals surface area contributed by atoms with Gasteiger partial charge in [-0.05, 0) is 67.4 Å². The Morgan fingerprint density at radius 2 is 1.84 bits per heavy atom. The monoisotopic (exact) mass is 448 g/mol. The number of benzene rings is 2. The van der Waals surface area contributed by atoms with Crippen LogP contribution in [0.5, 0.6) is 0 Å². The Labute approximate surface area is 192 Å². The van der Waals surface area contributed by atoms with Gasteiger partial charge in [-0.3, -0.25) is 4.79 Å². The van der Waals surface area contributed by atoms with Gasteiger partial charge in [-0.2, -0.15) is 0 Å². The van der Waals surface area contributed by atoms with Crippen LogP contribution in [-0.2, 0) is 6.42 Å². The highest BCUT2D eigenvalue weighted by molar-refractivity contribution is 7.20. The number of carbonyl (C=O) groups excluding carboxylic acids is 2. The van der Waals surface area contributed by atoms with E-state index in [9.17, 15) is 9.59 Å². The van der Waals surface area contributed by atoms with Crippen molar-refractivity contribution in [1.82, 2.24) is 15.5 Å². The molecule has 166 valence electrons. The minimum absolute atomic E-state index is 0.0121. The predicted octanol–water partition coefficient (Wildman–Crippen LogP) is 4.09. The Kier molecular flexibility index (Phi) is 6.10. The van der Waals surface area contributed by atoms with Gasteiger partial charge in [0.05, 0.1) is 4.88 Å². The summed E-state index contributed by atoms with van der Waals surface area (Å²) in [5, 5.41) is 10.1. The average molecular weight is 449 g/mol. The summed E-state index contributed by atoms with van der Waals surface area (Å²) in [6.45, 7) is 3.86. The summed E-state index contributed by atoms with van der Waals surface area (Å²) in [7, 11) is 0. The van der Waals surface area contributed by atoms with E-state index in [1.54, 1.807) is 0 Å². The fourth-order valence-corrected chi connectivity index (χ4v) is 5.73. The number of amides is 3. The molecule has 1 atom stereocenters. The molecule has 3 aliphatic heterocycles. The lowest BCUT2D eigenvalue weighted by atomic mass is 9.84. The lowest BCUT2D eigenvalue weighted by Gasteiger charge is -2.44. The van der Waals surface area contributed by atoms with Gasteiger partial charge in [-0.15, -0.1) is 11.3 Å². The van der Waals surface area contributed by atoms with Crippen LogP contribution in [0.1, 0.15) is 28.1 Å². The third kappa shape index (κ3) is 4.79. The first kappa shape index (κ1) is 21.0. The van der Waals surface area contributed by atoms with Crippen LogP contribution in [0.25, 0.3) is 10.1 Å². The quantitative estimate of drug-likeness (QED) is 0.532. The minimum Gasteiger partial charge on any atom is -0.347 e. The Morgan fingerprint density at radius 1 is 1.03 bits per heavy atom. The van der Waals surface area contributed by atoms with Crippen LogP contribution in [0, 0.1) is 5.92 Å². The summed E-state index contributed by atoms with van der Waals surface area (Å²) in [5.74, 6) is 0.618. The number of fused-ring (bicyclic) bond motifs is 4. The molecule has 2 aromatic carbocycles. The van der Waals surface area contributed by atoms with E-state index in [1.807, 2.05) is 42.5 Å². The molecule has 3 N–H and O–H groups in total. The number of nitrogens with one attached hydrogen (secondary N) is 3. The van der Waals surface area contributed by atoms with Crippen LogP contribution in [0.3, 0.4) is 0 Å². The maximum Gasteiger partial charge on any atom is 0.319 e. The van der Waals surface area contributed by atoms with Crippen molar-refractivity contribution < 1.29 is 9.59 Å². The van der Waals surface area contributed by atoms with E-state index in [0.717, 1.165) is 46.7 Å². The number of carbonyl (C=O) groups is 2. The van der Waals surface area contributed by atoms with E-state index in [2.05, 4.69) is 33.0 Å². The summed E-state index contributed by atoms with van der Waals surface area (Å²) < 4.78 is 0.992. The van der Waals surface area contributed by atoms with Crippen molar-refractivity contribution in [2.45, 2.75) is 25.3 Å². The smallest absolute Gasteiger partial charge is 0.319 e. The van der Waals surface area contributed by atoms with Crippen LogP contribution in [0.15, 0.2) is 54.6 Å². The molecule has 4 heterocycles. The topological polar surface area (TPSA) is 73.5 Å². The molecule has 6 rings (SSSR count). The van der Waals surface area contributed by atoms with Gasteiger partial charge >= 0.3 is 6.03 Å². The van der Waals surface area contributed by atoms with Gasteiger partial charge in [0.25, 0.3) is 5.91 Å². The molecule has 0 radical (unpaired) electrons. The Bertz CT molecular complexity index is 1110. The van der Waals surface area contributed by atoms with Gasteiger partial charge < -0.3 is 20.9 Å². The largest absolute Gasteiger partial charge is 0.347 e. The van der Waals surface area contributed by atoms with Gasteiger partial charge in [-0.1, -0.05) is 36.4 Å². The SMILES string of the molecule is O=C(NCCc1ccccc1)Nc1ccc2cc(C(=O)NC3CN4CCC3CC4)sc2c1. The molecular formula is C25H28N4O2S. The average Bonchev–Trinajstić information content (AvgIpc) is 3.24. The van der Waals surface area contributed by atoms with Crippen LogP contribution in [0.4, 0.5) is 10.5 Å². The number of urea groups is 1. The molecule has 2 bridgehead atoms. The highest BCUT2D eigenvalue weighted by Crippen LogP contribution is 2.30. The Balaban J connectivity index is 1.17. The maximum absolute atomic E-state index is 12.9. The third-order valence-electron chi connectivity index (χ3n) is 6.52. The molecule has 3 fully saturated rings. The molecule has 1 aromatic heterocycles. The molecule has 0 spiro atoms. The van der Waals surface area contributed by atoms with Crippen molar-refractivity contribution in [3.05, 3.63) is 65.0 Å². The molecule has 3 amide bonds. The van der Waals surface area contributed by atoms with Gasteiger partial charge in [0.1, 0.15) is 0 Å². The van der Waals surface area contributed by atoms with E-state index in [0.29, 0.717) is 12.5 Å². The van der Waals surface area contributed by atoms with E-state index in [-0.39, 0.29) is 18.0 Å². The maximum atomic E-state index is 12.9. The second kappa shape index (κ2) is 9.30. The highest BCUT2D eigenvalue weighted by Gasteiger charge is 2.35. The Morgan fingerprint density at radius 3 is 2.59 bits per heavy atom. The summed E-state index contributed by atoms with van der Waals surface area (Å²) in [6.07, 6.45) is 3.15.